The topological polar surface area (TPSA) is 61.8 Å². The average molecular weight is 160 g/mol. The first-order valence-corrected chi connectivity index (χ1v) is 3.56. The molecule has 0 bridgehead atoms. The van der Waals surface area contributed by atoms with Gasteiger partial charge in [-0.15, -0.1) is 5.06 Å². The summed E-state index contributed by atoms with van der Waals surface area (Å²) in [6, 6.07) is 0.0173. The van der Waals surface area contributed by atoms with Crippen molar-refractivity contribution in [3.63, 3.8) is 0 Å². The van der Waals surface area contributed by atoms with Crippen LogP contribution in [0, 0.1) is 0 Å². The van der Waals surface area contributed by atoms with E-state index in [0.29, 0.717) is 19.6 Å². The molecule has 0 spiro atoms. The summed E-state index contributed by atoms with van der Waals surface area (Å²) >= 11 is 0. The third kappa shape index (κ3) is 2.45. The lowest BCUT2D eigenvalue weighted by atomic mass is 10.2. The monoisotopic (exact) mass is 160 g/mol. The normalized spacial score (nSPS) is 26.5. The fraction of sp³-hybridized carbons (Fsp3) is 0.833. The van der Waals surface area contributed by atoms with Gasteiger partial charge in [0.2, 0.25) is 0 Å². The van der Waals surface area contributed by atoms with Gasteiger partial charge in [-0.1, -0.05) is 0 Å². The number of hydrogen-bond donors (Lipinski definition) is 2. The molecule has 1 aliphatic rings. The molecular formula is C6H12N2O3. The zero-order chi connectivity index (χ0) is 8.10. The molecule has 1 rings (SSSR count). The molecule has 0 amide bonds. The highest BCUT2D eigenvalue weighted by atomic mass is 16.7. The average Bonchev–Trinajstić information content (AvgIpc) is 2.06. The van der Waals surface area contributed by atoms with Gasteiger partial charge in [-0.25, -0.2) is 0 Å². The van der Waals surface area contributed by atoms with Crippen molar-refractivity contribution in [3.8, 4) is 0 Å². The van der Waals surface area contributed by atoms with Crippen LogP contribution >= 0.6 is 0 Å². The van der Waals surface area contributed by atoms with Crippen LogP contribution in [-0.2, 0) is 9.63 Å². The number of nitrogens with zero attached hydrogens (tertiary/aromatic N) is 1. The highest BCUT2D eigenvalue weighted by molar-refractivity contribution is 5.36. The Balaban J connectivity index is 2.27. The lowest BCUT2D eigenvalue weighted by Crippen LogP contribution is -2.51. The van der Waals surface area contributed by atoms with Gasteiger partial charge in [-0.3, -0.25) is 4.79 Å². The van der Waals surface area contributed by atoms with Crippen molar-refractivity contribution in [2.24, 2.45) is 0 Å². The van der Waals surface area contributed by atoms with Crippen molar-refractivity contribution in [2.45, 2.75) is 6.04 Å². The van der Waals surface area contributed by atoms with Crippen molar-refractivity contribution in [1.29, 1.82) is 0 Å². The molecule has 64 valence electrons. The van der Waals surface area contributed by atoms with Gasteiger partial charge in [0.1, 0.15) is 0 Å². The van der Waals surface area contributed by atoms with Crippen molar-refractivity contribution in [2.75, 3.05) is 26.2 Å². The summed E-state index contributed by atoms with van der Waals surface area (Å²) in [5.74, 6) is 0. The molecule has 11 heavy (non-hydrogen) atoms. The summed E-state index contributed by atoms with van der Waals surface area (Å²) in [6.45, 7) is 2.43. The maximum Gasteiger partial charge on any atom is 0.312 e. The fourth-order valence-corrected chi connectivity index (χ4v) is 1.07. The molecule has 5 heteroatoms. The number of nitrogens with one attached hydrogen (secondary N) is 1. The van der Waals surface area contributed by atoms with Gasteiger partial charge in [-0.05, 0) is 0 Å². The summed E-state index contributed by atoms with van der Waals surface area (Å²) < 4.78 is 0. The molecule has 5 nitrogen and oxygen atoms in total. The number of rotatable bonds is 3. The van der Waals surface area contributed by atoms with E-state index in [1.807, 2.05) is 0 Å². The number of hydroxylamine groups is 2. The molecule has 0 radical (unpaired) electrons. The first-order valence-electron chi connectivity index (χ1n) is 3.56. The second kappa shape index (κ2) is 4.27. The highest BCUT2D eigenvalue weighted by Crippen LogP contribution is 1.97. The van der Waals surface area contributed by atoms with E-state index in [2.05, 4.69) is 10.2 Å². The van der Waals surface area contributed by atoms with Crippen LogP contribution in [0.5, 0.6) is 0 Å². The smallest absolute Gasteiger partial charge is 0.312 e. The number of carbonyl (C=O) groups is 1. The molecule has 0 aromatic heterocycles. The molecule has 0 aliphatic carbocycles. The molecular weight excluding hydrogens is 148 g/mol. The minimum Gasteiger partial charge on any atom is -0.395 e. The van der Waals surface area contributed by atoms with Crippen LogP contribution in [0.3, 0.4) is 0 Å². The maximum absolute atomic E-state index is 9.92. The maximum atomic E-state index is 9.92. The Bertz CT molecular complexity index is 131. The first-order chi connectivity index (χ1) is 5.36. The molecule has 2 N–H and O–H groups in total. The Morgan fingerprint density at radius 3 is 3.27 bits per heavy atom. The zero-order valence-electron chi connectivity index (χ0n) is 6.19. The molecule has 1 fully saturated rings. The van der Waals surface area contributed by atoms with E-state index in [4.69, 9.17) is 5.11 Å². The van der Waals surface area contributed by atoms with Gasteiger partial charge in [0.15, 0.2) is 0 Å². The Morgan fingerprint density at radius 2 is 2.64 bits per heavy atom. The number of aliphatic hydroxyl groups is 1. The molecule has 0 aromatic carbocycles. The summed E-state index contributed by atoms with van der Waals surface area (Å²) in [7, 11) is 0. The number of hydrogen-bond acceptors (Lipinski definition) is 5. The van der Waals surface area contributed by atoms with Crippen molar-refractivity contribution >= 4 is 6.47 Å². The van der Waals surface area contributed by atoms with E-state index in [0.717, 1.165) is 6.54 Å². The second-order valence-electron chi connectivity index (χ2n) is 2.42. The van der Waals surface area contributed by atoms with Crippen molar-refractivity contribution in [3.05, 3.63) is 0 Å². The van der Waals surface area contributed by atoms with Gasteiger partial charge in [-0.2, -0.15) is 0 Å². The van der Waals surface area contributed by atoms with E-state index in [-0.39, 0.29) is 12.6 Å². The highest BCUT2D eigenvalue weighted by Gasteiger charge is 2.18. The van der Waals surface area contributed by atoms with E-state index >= 15 is 0 Å². The van der Waals surface area contributed by atoms with Gasteiger partial charge in [0, 0.05) is 19.1 Å². The first kappa shape index (κ1) is 8.45. The lowest BCUT2D eigenvalue weighted by Gasteiger charge is -2.29. The van der Waals surface area contributed by atoms with E-state index < -0.39 is 0 Å². The second-order valence-corrected chi connectivity index (χ2v) is 2.42. The van der Waals surface area contributed by atoms with Gasteiger partial charge >= 0.3 is 6.47 Å². The molecule has 1 aliphatic heterocycles. The fourth-order valence-electron chi connectivity index (χ4n) is 1.07. The number of piperazine rings is 1. The zero-order valence-corrected chi connectivity index (χ0v) is 6.19. The Morgan fingerprint density at radius 1 is 1.82 bits per heavy atom. The molecule has 0 aromatic rings. The minimum absolute atomic E-state index is 0.0173. The van der Waals surface area contributed by atoms with Crippen molar-refractivity contribution < 1.29 is 14.7 Å². The van der Waals surface area contributed by atoms with Crippen LogP contribution in [0.15, 0.2) is 0 Å². The van der Waals surface area contributed by atoms with E-state index in [1.165, 1.54) is 5.06 Å². The SMILES string of the molecule is O=CON1CCN[C@H](CO)C1. The third-order valence-corrected chi connectivity index (χ3v) is 1.63. The van der Waals surface area contributed by atoms with Gasteiger partial charge < -0.3 is 15.3 Å². The molecule has 1 saturated heterocycles. The summed E-state index contributed by atoms with van der Waals surface area (Å²) in [5, 5.41) is 13.3. The lowest BCUT2D eigenvalue weighted by molar-refractivity contribution is -0.179. The molecule has 0 saturated carbocycles. The number of carbonyl (C=O) groups excluding carboxylic acids is 1. The van der Waals surface area contributed by atoms with Gasteiger partial charge in [0.05, 0.1) is 13.2 Å². The van der Waals surface area contributed by atoms with Gasteiger partial charge in [0.25, 0.3) is 0 Å². The molecule has 1 heterocycles. The summed E-state index contributed by atoms with van der Waals surface area (Å²) in [6.07, 6.45) is 0. The Hall–Kier alpha value is -0.650. The molecule has 1 atom stereocenters. The Labute approximate surface area is 64.9 Å². The van der Waals surface area contributed by atoms with E-state index in [1.54, 1.807) is 0 Å². The third-order valence-electron chi connectivity index (χ3n) is 1.63. The quantitative estimate of drug-likeness (QED) is 0.484. The largest absolute Gasteiger partial charge is 0.395 e. The predicted octanol–water partition coefficient (Wildman–Crippen LogP) is -1.66. The van der Waals surface area contributed by atoms with E-state index in [9.17, 15) is 4.79 Å². The summed E-state index contributed by atoms with van der Waals surface area (Å²) in [5.41, 5.74) is 0. The van der Waals surface area contributed by atoms with Crippen LogP contribution in [0.2, 0.25) is 0 Å². The van der Waals surface area contributed by atoms with Crippen LogP contribution < -0.4 is 5.32 Å². The molecule has 0 unspecified atom stereocenters. The van der Waals surface area contributed by atoms with Crippen LogP contribution in [0.1, 0.15) is 0 Å². The minimum atomic E-state index is 0.0173. The predicted molar refractivity (Wildman–Crippen MR) is 37.6 cm³/mol. The van der Waals surface area contributed by atoms with Crippen molar-refractivity contribution in [1.82, 2.24) is 10.4 Å². The Kier molecular flexibility index (Phi) is 3.28. The van der Waals surface area contributed by atoms with Crippen LogP contribution in [0.25, 0.3) is 0 Å². The number of aliphatic hydroxyl groups excluding tert-OH is 1. The van der Waals surface area contributed by atoms with Crippen LogP contribution in [0.4, 0.5) is 0 Å². The standard InChI is InChI=1S/C6H12N2O3/c9-4-6-3-8(11-5-10)2-1-7-6/h5-7,9H,1-4H2/t6-/m0/s1. The van der Waals surface area contributed by atoms with Crippen LogP contribution in [-0.4, -0.2) is 48.9 Å². The summed E-state index contributed by atoms with van der Waals surface area (Å²) in [4.78, 5) is 14.5.